The van der Waals surface area contributed by atoms with Crippen LogP contribution in [0.1, 0.15) is 31.4 Å². The molecule has 0 saturated carbocycles. The number of fused-ring (bicyclic) bond motifs is 1. The lowest BCUT2D eigenvalue weighted by atomic mass is 10.1. The minimum absolute atomic E-state index is 0.377. The zero-order chi connectivity index (χ0) is 13.0. The minimum atomic E-state index is -0.402. The molecule has 3 heteroatoms. The van der Waals surface area contributed by atoms with Gasteiger partial charge < -0.3 is 15.2 Å². The largest absolute Gasteiger partial charge is 0.491 e. The zero-order valence-corrected chi connectivity index (χ0v) is 11.4. The number of aliphatic hydroxyl groups is 1. The van der Waals surface area contributed by atoms with Gasteiger partial charge in [0.1, 0.15) is 25.0 Å². The van der Waals surface area contributed by atoms with Gasteiger partial charge in [0.25, 0.3) is 0 Å². The van der Waals surface area contributed by atoms with E-state index in [1.807, 2.05) is 6.07 Å². The fourth-order valence-corrected chi connectivity index (χ4v) is 2.33. The number of benzene rings is 1. The second-order valence-electron chi connectivity index (χ2n) is 5.46. The van der Waals surface area contributed by atoms with E-state index in [1.165, 1.54) is 24.0 Å². The molecule has 0 fully saturated rings. The van der Waals surface area contributed by atoms with Crippen LogP contribution in [0.2, 0.25) is 0 Å². The lowest BCUT2D eigenvalue weighted by Gasteiger charge is -2.13. The Balaban J connectivity index is 1.79. The van der Waals surface area contributed by atoms with Crippen LogP contribution in [-0.4, -0.2) is 30.4 Å². The van der Waals surface area contributed by atoms with Gasteiger partial charge in [-0.05, 0) is 56.4 Å². The Hall–Kier alpha value is -1.06. The molecule has 0 aromatic heterocycles. The van der Waals surface area contributed by atoms with Crippen LogP contribution in [0.5, 0.6) is 5.75 Å². The van der Waals surface area contributed by atoms with E-state index < -0.39 is 6.10 Å². The summed E-state index contributed by atoms with van der Waals surface area (Å²) in [6.07, 6.45) is 3.21. The van der Waals surface area contributed by atoms with Crippen molar-refractivity contribution >= 4 is 0 Å². The normalized spacial score (nSPS) is 15.8. The van der Waals surface area contributed by atoms with Crippen LogP contribution >= 0.6 is 0 Å². The van der Waals surface area contributed by atoms with Gasteiger partial charge in [0.15, 0.2) is 0 Å². The van der Waals surface area contributed by atoms with Crippen LogP contribution in [-0.2, 0) is 12.8 Å². The molecule has 2 rings (SSSR count). The van der Waals surface area contributed by atoms with Gasteiger partial charge in [-0.2, -0.15) is 0 Å². The van der Waals surface area contributed by atoms with Crippen molar-refractivity contribution in [2.75, 3.05) is 13.2 Å². The molecule has 1 aliphatic rings. The number of rotatable bonds is 6. The Morgan fingerprint density at radius 1 is 1.28 bits per heavy atom. The average molecular weight is 250 g/mol. The average Bonchev–Trinajstić information content (AvgIpc) is 2.81. The van der Waals surface area contributed by atoms with E-state index in [2.05, 4.69) is 31.3 Å². The third-order valence-corrected chi connectivity index (χ3v) is 3.39. The Labute approximate surface area is 109 Å². The van der Waals surface area contributed by atoms with Crippen molar-refractivity contribution in [1.82, 2.24) is 0 Å². The third kappa shape index (κ3) is 3.72. The summed E-state index contributed by atoms with van der Waals surface area (Å²) in [6.45, 7) is 5.31. The van der Waals surface area contributed by atoms with Gasteiger partial charge in [-0.3, -0.25) is 0 Å². The van der Waals surface area contributed by atoms with Crippen molar-refractivity contribution in [3.05, 3.63) is 29.3 Å². The van der Waals surface area contributed by atoms with Crippen molar-refractivity contribution in [3.63, 3.8) is 0 Å². The molecule has 1 aliphatic carbocycles. The lowest BCUT2D eigenvalue weighted by molar-refractivity contribution is -0.688. The van der Waals surface area contributed by atoms with E-state index in [-0.39, 0.29) is 0 Å². The Morgan fingerprint density at radius 3 is 2.83 bits per heavy atom. The van der Waals surface area contributed by atoms with Crippen LogP contribution in [0.4, 0.5) is 0 Å². The zero-order valence-electron chi connectivity index (χ0n) is 11.4. The van der Waals surface area contributed by atoms with E-state index in [0.717, 1.165) is 12.2 Å². The highest BCUT2D eigenvalue weighted by atomic mass is 16.5. The van der Waals surface area contributed by atoms with Gasteiger partial charge in [-0.1, -0.05) is 6.07 Å². The molecular weight excluding hydrogens is 226 g/mol. The first kappa shape index (κ1) is 13.4. The molecule has 0 saturated heterocycles. The Kier molecular flexibility index (Phi) is 4.61. The smallest absolute Gasteiger partial charge is 0.137 e. The molecule has 3 N–H and O–H groups in total. The van der Waals surface area contributed by atoms with Crippen molar-refractivity contribution in [2.45, 2.75) is 45.3 Å². The molecule has 1 aromatic rings. The van der Waals surface area contributed by atoms with Crippen molar-refractivity contribution in [1.29, 1.82) is 0 Å². The Morgan fingerprint density at radius 2 is 2.06 bits per heavy atom. The summed E-state index contributed by atoms with van der Waals surface area (Å²) in [5.74, 6) is 0.888. The highest BCUT2D eigenvalue weighted by Gasteiger charge is 2.12. The standard InChI is InChI=1S/C15H23NO2/c1-11(2)16-9-14(17)10-18-15-7-6-12-4-3-5-13(12)8-15/h6-8,11,14,16-17H,3-5,9-10H2,1-2H3/p+1/t14-/m0/s1. The van der Waals surface area contributed by atoms with Gasteiger partial charge in [0.05, 0.1) is 6.04 Å². The van der Waals surface area contributed by atoms with E-state index in [9.17, 15) is 5.11 Å². The molecule has 1 atom stereocenters. The maximum absolute atomic E-state index is 9.80. The summed E-state index contributed by atoms with van der Waals surface area (Å²) in [6, 6.07) is 6.81. The number of aliphatic hydroxyl groups excluding tert-OH is 1. The maximum Gasteiger partial charge on any atom is 0.137 e. The van der Waals surface area contributed by atoms with Gasteiger partial charge in [0.2, 0.25) is 0 Å². The molecule has 0 aliphatic heterocycles. The van der Waals surface area contributed by atoms with Crippen LogP contribution in [0, 0.1) is 0 Å². The molecule has 1 aromatic carbocycles. The Bertz CT molecular complexity index is 390. The number of hydrogen-bond donors (Lipinski definition) is 2. The first-order chi connectivity index (χ1) is 8.65. The SMILES string of the molecule is CC(C)[NH2+]C[C@H](O)COc1ccc2c(c1)CCC2. The second-order valence-corrected chi connectivity index (χ2v) is 5.46. The molecule has 0 radical (unpaired) electrons. The van der Waals surface area contributed by atoms with Crippen LogP contribution in [0.15, 0.2) is 18.2 Å². The molecule has 18 heavy (non-hydrogen) atoms. The number of nitrogens with two attached hydrogens (primary N) is 1. The van der Waals surface area contributed by atoms with Gasteiger partial charge in [0, 0.05) is 0 Å². The number of hydrogen-bond acceptors (Lipinski definition) is 2. The monoisotopic (exact) mass is 250 g/mol. The van der Waals surface area contributed by atoms with Crippen molar-refractivity contribution in [2.24, 2.45) is 0 Å². The van der Waals surface area contributed by atoms with E-state index in [4.69, 9.17) is 4.74 Å². The molecule has 0 bridgehead atoms. The molecule has 0 spiro atoms. The van der Waals surface area contributed by atoms with Crippen LogP contribution in [0.25, 0.3) is 0 Å². The number of quaternary nitrogens is 1. The van der Waals surface area contributed by atoms with Gasteiger partial charge in [-0.15, -0.1) is 0 Å². The van der Waals surface area contributed by atoms with Crippen LogP contribution < -0.4 is 10.1 Å². The molecule has 0 heterocycles. The topological polar surface area (TPSA) is 46.1 Å². The molecule has 0 amide bonds. The van der Waals surface area contributed by atoms with E-state index in [0.29, 0.717) is 19.2 Å². The summed E-state index contributed by atoms with van der Waals surface area (Å²) in [4.78, 5) is 0. The summed E-state index contributed by atoms with van der Waals surface area (Å²) in [5, 5.41) is 11.9. The van der Waals surface area contributed by atoms with Gasteiger partial charge in [-0.25, -0.2) is 0 Å². The van der Waals surface area contributed by atoms with Gasteiger partial charge >= 0.3 is 0 Å². The number of aryl methyl sites for hydroxylation is 2. The van der Waals surface area contributed by atoms with E-state index in [1.54, 1.807) is 0 Å². The minimum Gasteiger partial charge on any atom is -0.491 e. The first-order valence-corrected chi connectivity index (χ1v) is 6.91. The summed E-state index contributed by atoms with van der Waals surface area (Å²) < 4.78 is 5.66. The highest BCUT2D eigenvalue weighted by molar-refractivity contribution is 5.38. The predicted molar refractivity (Wildman–Crippen MR) is 71.9 cm³/mol. The van der Waals surface area contributed by atoms with Crippen molar-refractivity contribution < 1.29 is 15.2 Å². The van der Waals surface area contributed by atoms with Crippen molar-refractivity contribution in [3.8, 4) is 5.75 Å². The second kappa shape index (κ2) is 6.21. The van der Waals surface area contributed by atoms with Crippen LogP contribution in [0.3, 0.4) is 0 Å². The predicted octanol–water partition coefficient (Wildman–Crippen LogP) is 0.887. The summed E-state index contributed by atoms with van der Waals surface area (Å²) in [7, 11) is 0. The maximum atomic E-state index is 9.80. The first-order valence-electron chi connectivity index (χ1n) is 6.91. The fraction of sp³-hybridized carbons (Fsp3) is 0.600. The third-order valence-electron chi connectivity index (χ3n) is 3.39. The molecule has 3 nitrogen and oxygen atoms in total. The molecule has 0 unspecified atom stereocenters. The highest BCUT2D eigenvalue weighted by Crippen LogP contribution is 2.25. The molecular formula is C15H24NO2+. The lowest BCUT2D eigenvalue weighted by Crippen LogP contribution is -2.90. The number of ether oxygens (including phenoxy) is 1. The summed E-state index contributed by atoms with van der Waals surface area (Å²) >= 11 is 0. The molecule has 100 valence electrons. The summed E-state index contributed by atoms with van der Waals surface area (Å²) in [5.41, 5.74) is 2.87. The van der Waals surface area contributed by atoms with E-state index >= 15 is 0 Å². The fourth-order valence-electron chi connectivity index (χ4n) is 2.33. The quantitative estimate of drug-likeness (QED) is 0.787.